The lowest BCUT2D eigenvalue weighted by Crippen LogP contribution is -2.13. The smallest absolute Gasteiger partial charge is 0.260 e. The molecule has 1 N–H and O–H groups in total. The fraction of sp³-hybridized carbons (Fsp3) is 0.250. The van der Waals surface area contributed by atoms with Gasteiger partial charge in [-0.2, -0.15) is 0 Å². The van der Waals surface area contributed by atoms with E-state index in [1.54, 1.807) is 0 Å². The van der Waals surface area contributed by atoms with Crippen molar-refractivity contribution in [1.29, 1.82) is 0 Å². The molecule has 0 atom stereocenters. The molecule has 1 aromatic heterocycles. The number of rotatable bonds is 4. The molecule has 100 valence electrons. The molecule has 0 saturated heterocycles. The molecule has 7 heteroatoms. The Hall–Kier alpha value is -2.02. The van der Waals surface area contributed by atoms with Gasteiger partial charge in [0.25, 0.3) is 5.91 Å². The van der Waals surface area contributed by atoms with Crippen LogP contribution in [-0.4, -0.2) is 23.2 Å². The Labute approximate surface area is 113 Å². The summed E-state index contributed by atoms with van der Waals surface area (Å²) >= 11 is 1.27. The Bertz CT molecular complexity index is 600. The van der Waals surface area contributed by atoms with Gasteiger partial charge in [-0.05, 0) is 18.6 Å². The topological polar surface area (TPSA) is 64.1 Å². The zero-order valence-electron chi connectivity index (χ0n) is 10.4. The van der Waals surface area contributed by atoms with Crippen LogP contribution in [0.4, 0.5) is 9.52 Å². The summed E-state index contributed by atoms with van der Waals surface area (Å²) in [6, 6.07) is 4.05. The van der Waals surface area contributed by atoms with Crippen LogP contribution in [0.5, 0.6) is 5.75 Å². The maximum absolute atomic E-state index is 13.7. The van der Waals surface area contributed by atoms with Crippen molar-refractivity contribution in [2.75, 3.05) is 12.4 Å². The maximum Gasteiger partial charge on any atom is 0.260 e. The number of aryl methyl sites for hydroxylation is 1. The van der Waals surface area contributed by atoms with E-state index in [1.165, 1.54) is 30.6 Å². The second-order valence-electron chi connectivity index (χ2n) is 3.65. The molecule has 0 aliphatic heterocycles. The third-order valence-corrected chi connectivity index (χ3v) is 3.39. The molecule has 0 saturated carbocycles. The Morgan fingerprint density at radius 3 is 2.84 bits per heavy atom. The van der Waals surface area contributed by atoms with Crippen molar-refractivity contribution in [2.45, 2.75) is 13.3 Å². The molecule has 0 aliphatic rings. The number of aromatic nitrogens is 2. The number of hydrogen-bond donors (Lipinski definition) is 1. The lowest BCUT2D eigenvalue weighted by atomic mass is 10.2. The highest BCUT2D eigenvalue weighted by Gasteiger charge is 2.14. The van der Waals surface area contributed by atoms with Crippen molar-refractivity contribution < 1.29 is 13.9 Å². The fourth-order valence-corrected chi connectivity index (χ4v) is 2.09. The number of ether oxygens (including phenoxy) is 1. The minimum Gasteiger partial charge on any atom is -0.497 e. The van der Waals surface area contributed by atoms with E-state index in [2.05, 4.69) is 15.5 Å². The van der Waals surface area contributed by atoms with Gasteiger partial charge in [-0.25, -0.2) is 4.39 Å². The van der Waals surface area contributed by atoms with Crippen molar-refractivity contribution in [2.24, 2.45) is 0 Å². The molecule has 2 rings (SSSR count). The zero-order valence-corrected chi connectivity index (χ0v) is 11.3. The number of anilines is 1. The monoisotopic (exact) mass is 281 g/mol. The second kappa shape index (κ2) is 5.75. The number of methoxy groups -OCH3 is 1. The largest absolute Gasteiger partial charge is 0.497 e. The number of amides is 1. The van der Waals surface area contributed by atoms with Gasteiger partial charge in [0.1, 0.15) is 16.6 Å². The van der Waals surface area contributed by atoms with Crippen LogP contribution in [0.15, 0.2) is 18.2 Å². The van der Waals surface area contributed by atoms with E-state index in [1.807, 2.05) is 6.92 Å². The van der Waals surface area contributed by atoms with E-state index in [-0.39, 0.29) is 5.56 Å². The van der Waals surface area contributed by atoms with Gasteiger partial charge >= 0.3 is 0 Å². The molecule has 0 spiro atoms. The number of carbonyl (C=O) groups is 1. The molecule has 19 heavy (non-hydrogen) atoms. The summed E-state index contributed by atoms with van der Waals surface area (Å²) < 4.78 is 18.6. The molecule has 0 bridgehead atoms. The van der Waals surface area contributed by atoms with Crippen molar-refractivity contribution in [3.8, 4) is 5.75 Å². The Kier molecular flexibility index (Phi) is 4.06. The normalized spacial score (nSPS) is 10.3. The highest BCUT2D eigenvalue weighted by atomic mass is 32.1. The Balaban J connectivity index is 2.15. The van der Waals surface area contributed by atoms with Crippen LogP contribution in [0.2, 0.25) is 0 Å². The molecule has 1 heterocycles. The van der Waals surface area contributed by atoms with Gasteiger partial charge < -0.3 is 4.74 Å². The highest BCUT2D eigenvalue weighted by Crippen LogP contribution is 2.19. The minimum absolute atomic E-state index is 0.0611. The summed E-state index contributed by atoms with van der Waals surface area (Å²) in [5.74, 6) is -0.839. The van der Waals surface area contributed by atoms with Gasteiger partial charge in [0.15, 0.2) is 0 Å². The van der Waals surface area contributed by atoms with Gasteiger partial charge in [0.2, 0.25) is 5.13 Å². The molecule has 1 aromatic carbocycles. The summed E-state index contributed by atoms with van der Waals surface area (Å²) in [4.78, 5) is 11.9. The fourth-order valence-electron chi connectivity index (χ4n) is 1.42. The van der Waals surface area contributed by atoms with Crippen LogP contribution in [0.3, 0.4) is 0 Å². The van der Waals surface area contributed by atoms with E-state index in [9.17, 15) is 9.18 Å². The summed E-state index contributed by atoms with van der Waals surface area (Å²) in [6.45, 7) is 1.94. The van der Waals surface area contributed by atoms with Crippen LogP contribution in [-0.2, 0) is 6.42 Å². The van der Waals surface area contributed by atoms with E-state index in [4.69, 9.17) is 4.74 Å². The summed E-state index contributed by atoms with van der Waals surface area (Å²) in [5.41, 5.74) is -0.0611. The van der Waals surface area contributed by atoms with Gasteiger partial charge in [0, 0.05) is 6.07 Å². The number of benzene rings is 1. The first-order valence-electron chi connectivity index (χ1n) is 5.61. The number of nitrogens with one attached hydrogen (secondary N) is 1. The zero-order chi connectivity index (χ0) is 13.8. The third kappa shape index (κ3) is 3.05. The molecule has 0 fully saturated rings. The number of nitrogens with zero attached hydrogens (tertiary/aromatic N) is 2. The van der Waals surface area contributed by atoms with Crippen molar-refractivity contribution in [1.82, 2.24) is 10.2 Å². The third-order valence-electron chi connectivity index (χ3n) is 2.41. The van der Waals surface area contributed by atoms with E-state index in [0.717, 1.165) is 17.5 Å². The highest BCUT2D eigenvalue weighted by molar-refractivity contribution is 7.15. The molecular weight excluding hydrogens is 269 g/mol. The van der Waals surface area contributed by atoms with Crippen molar-refractivity contribution in [3.63, 3.8) is 0 Å². The van der Waals surface area contributed by atoms with Crippen LogP contribution in [0.25, 0.3) is 0 Å². The lowest BCUT2D eigenvalue weighted by Gasteiger charge is -2.04. The number of halogens is 1. The standard InChI is InChI=1S/C12H12FN3O2S/c1-3-10-15-16-12(19-10)14-11(17)8-5-4-7(18-2)6-9(8)13/h4-6H,3H2,1-2H3,(H,14,16,17). The van der Waals surface area contributed by atoms with Gasteiger partial charge in [0.05, 0.1) is 12.7 Å². The summed E-state index contributed by atoms with van der Waals surface area (Å²) in [7, 11) is 1.43. The summed E-state index contributed by atoms with van der Waals surface area (Å²) in [5, 5.41) is 11.4. The Morgan fingerprint density at radius 1 is 1.47 bits per heavy atom. The molecule has 0 radical (unpaired) electrons. The van der Waals surface area contributed by atoms with Crippen LogP contribution in [0, 0.1) is 5.82 Å². The van der Waals surface area contributed by atoms with Gasteiger partial charge in [-0.1, -0.05) is 18.3 Å². The van der Waals surface area contributed by atoms with E-state index in [0.29, 0.717) is 10.9 Å². The van der Waals surface area contributed by atoms with Crippen molar-refractivity contribution in [3.05, 3.63) is 34.6 Å². The molecule has 0 unspecified atom stereocenters. The number of carbonyl (C=O) groups excluding carboxylic acids is 1. The molecule has 2 aromatic rings. The summed E-state index contributed by atoms with van der Waals surface area (Å²) in [6.07, 6.45) is 0.741. The maximum atomic E-state index is 13.7. The minimum atomic E-state index is -0.642. The van der Waals surface area contributed by atoms with E-state index >= 15 is 0 Å². The van der Waals surface area contributed by atoms with E-state index < -0.39 is 11.7 Å². The number of hydrogen-bond acceptors (Lipinski definition) is 5. The SMILES string of the molecule is CCc1nnc(NC(=O)c2ccc(OC)cc2F)s1. The van der Waals surface area contributed by atoms with Crippen molar-refractivity contribution >= 4 is 22.4 Å². The molecule has 1 amide bonds. The van der Waals surface area contributed by atoms with Crippen LogP contribution in [0.1, 0.15) is 22.3 Å². The average molecular weight is 281 g/mol. The predicted octanol–water partition coefficient (Wildman–Crippen LogP) is 2.50. The van der Waals surface area contributed by atoms with Gasteiger partial charge in [-0.3, -0.25) is 10.1 Å². The second-order valence-corrected chi connectivity index (χ2v) is 4.72. The first-order valence-corrected chi connectivity index (χ1v) is 6.43. The lowest BCUT2D eigenvalue weighted by molar-refractivity contribution is 0.102. The molecule has 5 nitrogen and oxygen atoms in total. The first kappa shape index (κ1) is 13.4. The molecular formula is C12H12FN3O2S. The van der Waals surface area contributed by atoms with Crippen LogP contribution >= 0.6 is 11.3 Å². The quantitative estimate of drug-likeness (QED) is 0.935. The van der Waals surface area contributed by atoms with Gasteiger partial charge in [-0.15, -0.1) is 10.2 Å². The molecule has 0 aliphatic carbocycles. The van der Waals surface area contributed by atoms with Crippen LogP contribution < -0.4 is 10.1 Å². The Morgan fingerprint density at radius 2 is 2.26 bits per heavy atom. The average Bonchev–Trinajstić information content (AvgIpc) is 2.86. The first-order chi connectivity index (χ1) is 9.13. The predicted molar refractivity (Wildman–Crippen MR) is 70.2 cm³/mol.